The van der Waals surface area contributed by atoms with Gasteiger partial charge in [0, 0.05) is 6.08 Å². The average molecular weight is 361 g/mol. The first-order valence-electron chi connectivity index (χ1n) is 8.53. The lowest BCUT2D eigenvalue weighted by atomic mass is 10.2. The number of carbonyl (C=O) groups is 2. The zero-order chi connectivity index (χ0) is 19.1. The Kier molecular flexibility index (Phi) is 5.79. The number of rotatable bonds is 6. The molecule has 1 amide bonds. The molecule has 1 heterocycles. The molecule has 136 valence electrons. The van der Waals surface area contributed by atoms with Gasteiger partial charge in [-0.2, -0.15) is 5.10 Å². The first-order chi connectivity index (χ1) is 13.2. The zero-order valence-corrected chi connectivity index (χ0v) is 14.8. The van der Waals surface area contributed by atoms with Crippen molar-refractivity contribution >= 4 is 23.8 Å². The summed E-state index contributed by atoms with van der Waals surface area (Å²) in [6.07, 6.45) is 4.50. The van der Waals surface area contributed by atoms with E-state index in [-0.39, 0.29) is 23.9 Å². The topological polar surface area (TPSA) is 73.2 Å². The molecule has 6 nitrogen and oxygen atoms in total. The first-order valence-corrected chi connectivity index (χ1v) is 8.53. The Morgan fingerprint density at radius 1 is 1.07 bits per heavy atom. The average Bonchev–Trinajstić information content (AvgIpc) is 3.11. The summed E-state index contributed by atoms with van der Waals surface area (Å²) in [7, 11) is 0. The number of amides is 1. The third kappa shape index (κ3) is 4.49. The van der Waals surface area contributed by atoms with Gasteiger partial charge in [0.05, 0.1) is 18.5 Å². The van der Waals surface area contributed by atoms with Gasteiger partial charge in [0.2, 0.25) is 5.91 Å². The van der Waals surface area contributed by atoms with Crippen LogP contribution in [0.5, 0.6) is 0 Å². The summed E-state index contributed by atoms with van der Waals surface area (Å²) in [5.41, 5.74) is 1.81. The third-order valence-corrected chi connectivity index (χ3v) is 3.73. The molecule has 6 heteroatoms. The molecule has 0 radical (unpaired) electrons. The quantitative estimate of drug-likeness (QED) is 0.537. The van der Waals surface area contributed by atoms with Crippen LogP contribution in [-0.4, -0.2) is 28.3 Å². The maximum Gasteiger partial charge on any atom is 0.343 e. The second-order valence-corrected chi connectivity index (χ2v) is 5.61. The van der Waals surface area contributed by atoms with Crippen molar-refractivity contribution in [3.05, 3.63) is 84.1 Å². The zero-order valence-electron chi connectivity index (χ0n) is 14.8. The predicted octanol–water partition coefficient (Wildman–Crippen LogP) is 3.70. The second kappa shape index (κ2) is 8.62. The standard InChI is InChI=1S/C21H19N3O3/c1-2-27-21(26)18-15-22-24(17-11-7-4-8-12-17)20(18)23-19(25)14-13-16-9-5-3-6-10-16/h3-15H,2H2,1H3,(H,23,25). The van der Waals surface area contributed by atoms with Gasteiger partial charge in [0.1, 0.15) is 5.56 Å². The Morgan fingerprint density at radius 2 is 1.74 bits per heavy atom. The smallest absolute Gasteiger partial charge is 0.343 e. The van der Waals surface area contributed by atoms with Crippen molar-refractivity contribution in [1.29, 1.82) is 0 Å². The number of ether oxygens (including phenoxy) is 1. The Bertz CT molecular complexity index is 947. The Morgan fingerprint density at radius 3 is 2.41 bits per heavy atom. The highest BCUT2D eigenvalue weighted by atomic mass is 16.5. The minimum Gasteiger partial charge on any atom is -0.462 e. The fourth-order valence-electron chi connectivity index (χ4n) is 2.49. The molecule has 0 fully saturated rings. The molecule has 0 saturated carbocycles. The van der Waals surface area contributed by atoms with Crippen LogP contribution in [0, 0.1) is 0 Å². The molecule has 2 aromatic carbocycles. The van der Waals surface area contributed by atoms with Crippen LogP contribution in [0.2, 0.25) is 0 Å². The lowest BCUT2D eigenvalue weighted by Gasteiger charge is -2.09. The maximum absolute atomic E-state index is 12.4. The fraction of sp³-hybridized carbons (Fsp3) is 0.0952. The van der Waals surface area contributed by atoms with E-state index in [0.717, 1.165) is 11.3 Å². The van der Waals surface area contributed by atoms with E-state index < -0.39 is 5.97 Å². The molecule has 0 saturated heterocycles. The molecule has 0 spiro atoms. The predicted molar refractivity (Wildman–Crippen MR) is 104 cm³/mol. The summed E-state index contributed by atoms with van der Waals surface area (Å²) in [5, 5.41) is 6.98. The Hall–Kier alpha value is -3.67. The number of carbonyl (C=O) groups excluding carboxylic acids is 2. The van der Waals surface area contributed by atoms with E-state index in [1.807, 2.05) is 60.7 Å². The van der Waals surface area contributed by atoms with Gasteiger partial charge in [-0.15, -0.1) is 0 Å². The lowest BCUT2D eigenvalue weighted by molar-refractivity contribution is -0.111. The van der Waals surface area contributed by atoms with Crippen LogP contribution in [0.3, 0.4) is 0 Å². The van der Waals surface area contributed by atoms with Crippen molar-refractivity contribution in [2.45, 2.75) is 6.92 Å². The second-order valence-electron chi connectivity index (χ2n) is 5.61. The summed E-state index contributed by atoms with van der Waals surface area (Å²) in [6.45, 7) is 1.96. The summed E-state index contributed by atoms with van der Waals surface area (Å²) < 4.78 is 6.57. The molecule has 0 aliphatic carbocycles. The summed E-state index contributed by atoms with van der Waals surface area (Å²) in [5.74, 6) is -0.647. The van der Waals surface area contributed by atoms with Gasteiger partial charge < -0.3 is 10.1 Å². The maximum atomic E-state index is 12.4. The highest BCUT2D eigenvalue weighted by Crippen LogP contribution is 2.21. The normalized spacial score (nSPS) is 10.7. The molecule has 0 bridgehead atoms. The van der Waals surface area contributed by atoms with Gasteiger partial charge in [-0.1, -0.05) is 48.5 Å². The molecule has 0 aliphatic rings. The van der Waals surface area contributed by atoms with Crippen molar-refractivity contribution < 1.29 is 14.3 Å². The number of nitrogens with one attached hydrogen (secondary N) is 1. The summed E-state index contributed by atoms with van der Waals surface area (Å²) in [4.78, 5) is 24.6. The van der Waals surface area contributed by atoms with Crippen molar-refractivity contribution in [2.24, 2.45) is 0 Å². The van der Waals surface area contributed by atoms with Gasteiger partial charge in [-0.3, -0.25) is 4.79 Å². The van der Waals surface area contributed by atoms with Crippen LogP contribution in [0.15, 0.2) is 72.9 Å². The van der Waals surface area contributed by atoms with Crippen LogP contribution >= 0.6 is 0 Å². The minimum atomic E-state index is -0.540. The van der Waals surface area contributed by atoms with Gasteiger partial charge in [0.25, 0.3) is 0 Å². The highest BCUT2D eigenvalue weighted by molar-refractivity contribution is 6.05. The largest absolute Gasteiger partial charge is 0.462 e. The van der Waals surface area contributed by atoms with Crippen molar-refractivity contribution in [1.82, 2.24) is 9.78 Å². The molecular formula is C21H19N3O3. The van der Waals surface area contributed by atoms with Crippen LogP contribution in [-0.2, 0) is 9.53 Å². The molecule has 0 unspecified atom stereocenters. The molecule has 0 atom stereocenters. The number of hydrogen-bond donors (Lipinski definition) is 1. The number of anilines is 1. The number of esters is 1. The first kappa shape index (κ1) is 18.1. The summed E-state index contributed by atoms with van der Waals surface area (Å²) >= 11 is 0. The van der Waals surface area contributed by atoms with E-state index in [2.05, 4.69) is 10.4 Å². The van der Waals surface area contributed by atoms with Crippen LogP contribution in [0.4, 0.5) is 5.82 Å². The molecule has 0 aliphatic heterocycles. The van der Waals surface area contributed by atoms with Gasteiger partial charge >= 0.3 is 5.97 Å². The number of hydrogen-bond acceptors (Lipinski definition) is 4. The van der Waals surface area contributed by atoms with Gasteiger partial charge in [0.15, 0.2) is 5.82 Å². The fourth-order valence-corrected chi connectivity index (χ4v) is 2.49. The van der Waals surface area contributed by atoms with Gasteiger partial charge in [-0.05, 0) is 30.7 Å². The lowest BCUT2D eigenvalue weighted by Crippen LogP contribution is -2.16. The van der Waals surface area contributed by atoms with E-state index in [1.165, 1.54) is 17.0 Å². The monoisotopic (exact) mass is 361 g/mol. The van der Waals surface area contributed by atoms with Crippen molar-refractivity contribution in [3.63, 3.8) is 0 Å². The number of benzene rings is 2. The minimum absolute atomic E-state index is 0.196. The SMILES string of the molecule is CCOC(=O)c1cnn(-c2ccccc2)c1NC(=O)C=Cc1ccccc1. The third-order valence-electron chi connectivity index (χ3n) is 3.73. The molecule has 27 heavy (non-hydrogen) atoms. The van der Waals surface area contributed by atoms with Crippen LogP contribution < -0.4 is 5.32 Å². The van der Waals surface area contributed by atoms with E-state index >= 15 is 0 Å². The van der Waals surface area contributed by atoms with E-state index in [9.17, 15) is 9.59 Å². The summed E-state index contributed by atoms with van der Waals surface area (Å²) in [6, 6.07) is 18.7. The van der Waals surface area contributed by atoms with Crippen molar-refractivity contribution in [3.8, 4) is 5.69 Å². The van der Waals surface area contributed by atoms with E-state index in [4.69, 9.17) is 4.74 Å². The molecule has 3 aromatic rings. The van der Waals surface area contributed by atoms with Crippen LogP contribution in [0.25, 0.3) is 11.8 Å². The number of nitrogens with zero attached hydrogens (tertiary/aromatic N) is 2. The van der Waals surface area contributed by atoms with Gasteiger partial charge in [-0.25, -0.2) is 9.48 Å². The molecular weight excluding hydrogens is 342 g/mol. The molecule has 1 N–H and O–H groups in total. The highest BCUT2D eigenvalue weighted by Gasteiger charge is 2.20. The van der Waals surface area contributed by atoms with Crippen LogP contribution in [0.1, 0.15) is 22.8 Å². The Balaban J connectivity index is 1.89. The van der Waals surface area contributed by atoms with E-state index in [0.29, 0.717) is 0 Å². The molecule has 1 aromatic heterocycles. The number of aromatic nitrogens is 2. The Labute approximate surface area is 157 Å². The number of para-hydroxylation sites is 1. The molecule has 3 rings (SSSR count). The van der Waals surface area contributed by atoms with Crippen molar-refractivity contribution in [2.75, 3.05) is 11.9 Å². The van der Waals surface area contributed by atoms with E-state index in [1.54, 1.807) is 13.0 Å².